The summed E-state index contributed by atoms with van der Waals surface area (Å²) in [5.41, 5.74) is -0.242. The van der Waals surface area contributed by atoms with Crippen LogP contribution >= 0.6 is 0 Å². The van der Waals surface area contributed by atoms with Crippen LogP contribution in [0.5, 0.6) is 0 Å². The van der Waals surface area contributed by atoms with Crippen LogP contribution < -0.4 is 5.32 Å². The van der Waals surface area contributed by atoms with Crippen molar-refractivity contribution in [2.45, 2.75) is 70.2 Å². The molecule has 1 spiro atoms. The first-order valence-corrected chi connectivity index (χ1v) is 13.0. The lowest BCUT2D eigenvalue weighted by molar-refractivity contribution is -0.143. The third kappa shape index (κ3) is 4.78. The average Bonchev–Trinajstić information content (AvgIpc) is 3.63. The van der Waals surface area contributed by atoms with E-state index < -0.39 is 29.1 Å². The van der Waals surface area contributed by atoms with Crippen LogP contribution in [0.2, 0.25) is 0 Å². The summed E-state index contributed by atoms with van der Waals surface area (Å²) in [7, 11) is 0. The summed E-state index contributed by atoms with van der Waals surface area (Å²) in [5, 5.41) is 12.6. The van der Waals surface area contributed by atoms with E-state index in [4.69, 9.17) is 4.74 Å². The van der Waals surface area contributed by atoms with Gasteiger partial charge < -0.3 is 20.1 Å². The van der Waals surface area contributed by atoms with E-state index in [2.05, 4.69) is 5.32 Å². The van der Waals surface area contributed by atoms with Crippen molar-refractivity contribution >= 4 is 29.5 Å². The molecular formula is C29H33N3O6. The largest absolute Gasteiger partial charge is 0.427 e. The van der Waals surface area contributed by atoms with E-state index in [1.807, 2.05) is 37.3 Å². The first kappa shape index (κ1) is 25.9. The van der Waals surface area contributed by atoms with Gasteiger partial charge in [-0.25, -0.2) is 9.69 Å². The van der Waals surface area contributed by atoms with Crippen LogP contribution in [0.25, 0.3) is 0 Å². The topological polar surface area (TPSA) is 116 Å². The molecule has 2 aromatic carbocycles. The van der Waals surface area contributed by atoms with E-state index >= 15 is 0 Å². The Labute approximate surface area is 221 Å². The SMILES string of the molecule is CC(C1CC1)N(Cc1ccccc1)C(=O)CN1C(=O)O[C@]2(CCc3cc(NC(=O)C(C)(C)O)ccc32)C1=O. The maximum absolute atomic E-state index is 13.6. The molecule has 4 amide bonds. The van der Waals surface area contributed by atoms with Gasteiger partial charge in [-0.1, -0.05) is 36.4 Å². The van der Waals surface area contributed by atoms with Gasteiger partial charge in [-0.15, -0.1) is 0 Å². The molecule has 0 radical (unpaired) electrons. The molecule has 38 heavy (non-hydrogen) atoms. The number of aliphatic hydroxyl groups is 1. The highest BCUT2D eigenvalue weighted by molar-refractivity contribution is 6.06. The van der Waals surface area contributed by atoms with Crippen molar-refractivity contribution in [2.75, 3.05) is 11.9 Å². The Morgan fingerprint density at radius 3 is 2.55 bits per heavy atom. The van der Waals surface area contributed by atoms with Crippen molar-refractivity contribution in [1.29, 1.82) is 0 Å². The molecule has 200 valence electrons. The third-order valence-electron chi connectivity index (χ3n) is 7.78. The van der Waals surface area contributed by atoms with Gasteiger partial charge in [-0.3, -0.25) is 14.4 Å². The molecule has 0 aromatic heterocycles. The van der Waals surface area contributed by atoms with Crippen molar-refractivity contribution < 1.29 is 29.0 Å². The fraction of sp³-hybridized carbons (Fsp3) is 0.448. The number of imide groups is 1. The third-order valence-corrected chi connectivity index (χ3v) is 7.78. The molecule has 1 heterocycles. The number of carbonyl (C=O) groups excluding carboxylic acids is 4. The Hall–Kier alpha value is -3.72. The van der Waals surface area contributed by atoms with Crippen LogP contribution in [0.4, 0.5) is 10.5 Å². The molecule has 5 rings (SSSR count). The normalized spacial score (nSPS) is 21.3. The fourth-order valence-electron chi connectivity index (χ4n) is 5.31. The second kappa shape index (κ2) is 9.54. The number of carbonyl (C=O) groups is 4. The number of benzene rings is 2. The minimum absolute atomic E-state index is 0.00451. The zero-order valence-electron chi connectivity index (χ0n) is 21.9. The number of rotatable bonds is 8. The molecule has 3 aliphatic rings. The highest BCUT2D eigenvalue weighted by Gasteiger charge is 2.58. The second-order valence-corrected chi connectivity index (χ2v) is 11.1. The van der Waals surface area contributed by atoms with E-state index in [1.54, 1.807) is 23.1 Å². The summed E-state index contributed by atoms with van der Waals surface area (Å²) in [6.45, 7) is 4.83. The number of hydrogen-bond acceptors (Lipinski definition) is 6. The lowest BCUT2D eigenvalue weighted by Crippen LogP contribution is -2.47. The van der Waals surface area contributed by atoms with Gasteiger partial charge in [0.2, 0.25) is 11.5 Å². The first-order valence-electron chi connectivity index (χ1n) is 13.0. The average molecular weight is 520 g/mol. The van der Waals surface area contributed by atoms with Gasteiger partial charge >= 0.3 is 6.09 Å². The number of amides is 4. The highest BCUT2D eigenvalue weighted by Crippen LogP contribution is 2.46. The summed E-state index contributed by atoms with van der Waals surface area (Å²) in [4.78, 5) is 54.9. The Balaban J connectivity index is 1.34. The summed E-state index contributed by atoms with van der Waals surface area (Å²) in [6.07, 6.45) is 2.01. The molecule has 1 unspecified atom stereocenters. The van der Waals surface area contributed by atoms with E-state index in [1.165, 1.54) is 13.8 Å². The standard InChI is InChI=1S/C29H33N3O6/c1-18(20-9-10-20)31(16-19-7-5-4-6-8-19)24(33)17-32-26(35)29(38-27(32)36)14-13-21-15-22(11-12-23(21)29)30-25(34)28(2,3)37/h4-8,11-12,15,18,20,37H,9-10,13-14,16-17H2,1-3H3,(H,30,34)/t18?,29-/m0/s1. The molecule has 1 saturated carbocycles. The van der Waals surface area contributed by atoms with Gasteiger partial charge in [-0.05, 0) is 69.2 Å². The van der Waals surface area contributed by atoms with Gasteiger partial charge in [-0.2, -0.15) is 0 Å². The lowest BCUT2D eigenvalue weighted by Gasteiger charge is -2.30. The van der Waals surface area contributed by atoms with Gasteiger partial charge in [0.05, 0.1) is 0 Å². The number of ether oxygens (including phenoxy) is 1. The monoisotopic (exact) mass is 519 g/mol. The van der Waals surface area contributed by atoms with Crippen LogP contribution in [0.3, 0.4) is 0 Å². The second-order valence-electron chi connectivity index (χ2n) is 11.1. The Kier molecular flexibility index (Phi) is 6.51. The van der Waals surface area contributed by atoms with Crippen LogP contribution in [-0.2, 0) is 37.7 Å². The molecule has 2 fully saturated rings. The molecule has 1 saturated heterocycles. The van der Waals surface area contributed by atoms with Crippen molar-refractivity contribution in [3.8, 4) is 0 Å². The Morgan fingerprint density at radius 1 is 1.18 bits per heavy atom. The number of hydrogen-bond donors (Lipinski definition) is 2. The maximum atomic E-state index is 13.6. The Morgan fingerprint density at radius 2 is 1.89 bits per heavy atom. The van der Waals surface area contributed by atoms with Crippen LogP contribution in [0.1, 0.15) is 56.7 Å². The van der Waals surface area contributed by atoms with Crippen LogP contribution in [0, 0.1) is 5.92 Å². The highest BCUT2D eigenvalue weighted by atomic mass is 16.6. The lowest BCUT2D eigenvalue weighted by atomic mass is 9.94. The summed E-state index contributed by atoms with van der Waals surface area (Å²) in [5.74, 6) is -0.971. The maximum Gasteiger partial charge on any atom is 0.418 e. The van der Waals surface area contributed by atoms with Gasteiger partial charge in [0.1, 0.15) is 12.1 Å². The number of aryl methyl sites for hydroxylation is 1. The molecule has 9 heteroatoms. The number of nitrogens with zero attached hydrogens (tertiary/aromatic N) is 2. The molecule has 2 atom stereocenters. The quantitative estimate of drug-likeness (QED) is 0.553. The molecule has 2 aromatic rings. The first-order chi connectivity index (χ1) is 18.0. The summed E-state index contributed by atoms with van der Waals surface area (Å²) < 4.78 is 5.69. The van der Waals surface area contributed by atoms with E-state index in [0.29, 0.717) is 30.1 Å². The minimum atomic E-state index is -1.55. The smallest absolute Gasteiger partial charge is 0.418 e. The molecule has 2 N–H and O–H groups in total. The minimum Gasteiger partial charge on any atom is -0.427 e. The summed E-state index contributed by atoms with van der Waals surface area (Å²) >= 11 is 0. The van der Waals surface area contributed by atoms with Crippen molar-refractivity contribution in [2.24, 2.45) is 5.92 Å². The van der Waals surface area contributed by atoms with Gasteiger partial charge in [0, 0.05) is 30.3 Å². The Bertz CT molecular complexity index is 1280. The predicted molar refractivity (Wildman–Crippen MR) is 139 cm³/mol. The van der Waals surface area contributed by atoms with Crippen LogP contribution in [0.15, 0.2) is 48.5 Å². The van der Waals surface area contributed by atoms with Gasteiger partial charge in [0.15, 0.2) is 0 Å². The zero-order chi connectivity index (χ0) is 27.2. The number of anilines is 1. The van der Waals surface area contributed by atoms with E-state index in [0.717, 1.165) is 28.9 Å². The zero-order valence-corrected chi connectivity index (χ0v) is 21.9. The van der Waals surface area contributed by atoms with E-state index in [9.17, 15) is 24.3 Å². The predicted octanol–water partition coefficient (Wildman–Crippen LogP) is 3.34. The van der Waals surface area contributed by atoms with E-state index in [-0.39, 0.29) is 24.9 Å². The van der Waals surface area contributed by atoms with Crippen molar-refractivity contribution in [3.05, 3.63) is 65.2 Å². The van der Waals surface area contributed by atoms with Crippen molar-refractivity contribution in [3.63, 3.8) is 0 Å². The fourth-order valence-corrected chi connectivity index (χ4v) is 5.31. The number of fused-ring (bicyclic) bond motifs is 2. The molecule has 2 aliphatic carbocycles. The number of nitrogens with one attached hydrogen (secondary N) is 1. The van der Waals surface area contributed by atoms with Crippen molar-refractivity contribution in [1.82, 2.24) is 9.80 Å². The molecular weight excluding hydrogens is 486 g/mol. The molecule has 9 nitrogen and oxygen atoms in total. The van der Waals surface area contributed by atoms with Gasteiger partial charge in [0.25, 0.3) is 11.8 Å². The molecule has 0 bridgehead atoms. The van der Waals surface area contributed by atoms with Crippen LogP contribution in [-0.4, -0.2) is 56.9 Å². The molecule has 1 aliphatic heterocycles. The summed E-state index contributed by atoms with van der Waals surface area (Å²) in [6, 6.07) is 14.7.